The summed E-state index contributed by atoms with van der Waals surface area (Å²) in [5.41, 5.74) is 1.33. The molecule has 1 heteroatoms. The topological polar surface area (TPSA) is 20.2 Å². The Morgan fingerprint density at radius 1 is 1.00 bits per heavy atom. The van der Waals surface area contributed by atoms with Crippen molar-refractivity contribution in [3.63, 3.8) is 0 Å². The zero-order chi connectivity index (χ0) is 12.0. The van der Waals surface area contributed by atoms with Gasteiger partial charge in [-0.1, -0.05) is 52.2 Å². The van der Waals surface area contributed by atoms with E-state index in [1.54, 1.807) is 12.1 Å². The molecule has 90 valence electrons. The fourth-order valence-electron chi connectivity index (χ4n) is 2.01. The van der Waals surface area contributed by atoms with E-state index < -0.39 is 0 Å². The first-order valence-corrected chi connectivity index (χ1v) is 6.36. The second-order valence-corrected chi connectivity index (χ2v) is 5.30. The minimum absolute atomic E-state index is 0.358. The quantitative estimate of drug-likeness (QED) is 0.753. The maximum Gasteiger partial charge on any atom is 0.115 e. The fourth-order valence-corrected chi connectivity index (χ4v) is 2.01. The summed E-state index contributed by atoms with van der Waals surface area (Å²) >= 11 is 0. The van der Waals surface area contributed by atoms with Crippen molar-refractivity contribution >= 4 is 0 Å². The first kappa shape index (κ1) is 13.1. The summed E-state index contributed by atoms with van der Waals surface area (Å²) in [6.45, 7) is 6.88. The normalized spacial score (nSPS) is 13.0. The number of phenolic OH excluding ortho intramolecular Hbond substituents is 1. The zero-order valence-electron chi connectivity index (χ0n) is 10.7. The summed E-state index contributed by atoms with van der Waals surface area (Å²) in [6.07, 6.45) is 5.09. The van der Waals surface area contributed by atoms with Gasteiger partial charge in [0.25, 0.3) is 0 Å². The molecule has 1 nitrogen and oxygen atoms in total. The molecule has 0 saturated carbocycles. The molecule has 0 aromatic heterocycles. The van der Waals surface area contributed by atoms with Crippen molar-refractivity contribution in [2.45, 2.75) is 46.5 Å². The Bertz CT molecular complexity index is 287. The van der Waals surface area contributed by atoms with Gasteiger partial charge in [0.15, 0.2) is 0 Å². The third-order valence-electron chi connectivity index (χ3n) is 3.00. The van der Waals surface area contributed by atoms with Gasteiger partial charge in [0.1, 0.15) is 5.75 Å². The van der Waals surface area contributed by atoms with E-state index in [2.05, 4.69) is 20.8 Å². The molecule has 1 aromatic rings. The molecule has 0 aliphatic carbocycles. The Morgan fingerprint density at radius 2 is 1.62 bits per heavy atom. The summed E-state index contributed by atoms with van der Waals surface area (Å²) in [6, 6.07) is 7.59. The molecule has 0 spiro atoms. The minimum atomic E-state index is 0.358. The highest BCUT2D eigenvalue weighted by Gasteiger charge is 2.04. The standard InChI is InChI=1S/C15H24O/c1-12(2)5-4-6-13(3)11-14-7-9-15(16)10-8-14/h7-10,12-13,16H,4-6,11H2,1-3H3/t13-/m1/s1. The number of hydrogen-bond acceptors (Lipinski definition) is 1. The number of rotatable bonds is 6. The summed E-state index contributed by atoms with van der Waals surface area (Å²) in [5.74, 6) is 1.92. The molecule has 0 unspecified atom stereocenters. The van der Waals surface area contributed by atoms with Crippen LogP contribution in [0.15, 0.2) is 24.3 Å². The molecular weight excluding hydrogens is 196 g/mol. The lowest BCUT2D eigenvalue weighted by Crippen LogP contribution is -2.00. The summed E-state index contributed by atoms with van der Waals surface area (Å²) in [4.78, 5) is 0. The second kappa shape index (κ2) is 6.57. The van der Waals surface area contributed by atoms with Crippen LogP contribution in [0.2, 0.25) is 0 Å². The summed E-state index contributed by atoms with van der Waals surface area (Å²) in [5, 5.41) is 9.19. The van der Waals surface area contributed by atoms with Gasteiger partial charge in [-0.3, -0.25) is 0 Å². The highest BCUT2D eigenvalue weighted by molar-refractivity contribution is 5.26. The van der Waals surface area contributed by atoms with Crippen LogP contribution >= 0.6 is 0 Å². The maximum absolute atomic E-state index is 9.19. The van der Waals surface area contributed by atoms with Crippen LogP contribution in [0.1, 0.15) is 45.6 Å². The Kier molecular flexibility index (Phi) is 5.37. The van der Waals surface area contributed by atoms with Gasteiger partial charge in [0.2, 0.25) is 0 Å². The van der Waals surface area contributed by atoms with Gasteiger partial charge in [0, 0.05) is 0 Å². The number of benzene rings is 1. The SMILES string of the molecule is CC(C)CCC[C@@H](C)Cc1ccc(O)cc1. The molecule has 0 amide bonds. The Balaban J connectivity index is 2.28. The van der Waals surface area contributed by atoms with Gasteiger partial charge < -0.3 is 5.11 Å². The molecule has 16 heavy (non-hydrogen) atoms. The zero-order valence-corrected chi connectivity index (χ0v) is 10.7. The van der Waals surface area contributed by atoms with Crippen molar-refractivity contribution in [3.8, 4) is 5.75 Å². The first-order valence-electron chi connectivity index (χ1n) is 6.36. The Morgan fingerprint density at radius 3 is 2.19 bits per heavy atom. The molecule has 1 rings (SSSR count). The van der Waals surface area contributed by atoms with Gasteiger partial charge in [0.05, 0.1) is 0 Å². The van der Waals surface area contributed by atoms with Crippen LogP contribution in [0.4, 0.5) is 0 Å². The molecule has 0 fully saturated rings. The minimum Gasteiger partial charge on any atom is -0.508 e. The van der Waals surface area contributed by atoms with Gasteiger partial charge in [-0.05, 0) is 36.0 Å². The molecular formula is C15H24O. The molecule has 1 aromatic carbocycles. The van der Waals surface area contributed by atoms with Gasteiger partial charge in [-0.2, -0.15) is 0 Å². The first-order chi connectivity index (χ1) is 7.58. The molecule has 0 heterocycles. The van der Waals surface area contributed by atoms with Crippen molar-refractivity contribution in [1.82, 2.24) is 0 Å². The predicted octanol–water partition coefficient (Wildman–Crippen LogP) is 4.40. The molecule has 0 saturated heterocycles. The maximum atomic E-state index is 9.19. The molecule has 0 aliphatic rings. The lowest BCUT2D eigenvalue weighted by Gasteiger charge is -2.12. The lowest BCUT2D eigenvalue weighted by atomic mass is 9.94. The smallest absolute Gasteiger partial charge is 0.115 e. The van der Waals surface area contributed by atoms with Crippen molar-refractivity contribution in [2.24, 2.45) is 11.8 Å². The van der Waals surface area contributed by atoms with E-state index in [1.165, 1.54) is 24.8 Å². The van der Waals surface area contributed by atoms with Crippen molar-refractivity contribution in [1.29, 1.82) is 0 Å². The fraction of sp³-hybridized carbons (Fsp3) is 0.600. The Hall–Kier alpha value is -0.980. The van der Waals surface area contributed by atoms with Crippen LogP contribution in [0, 0.1) is 11.8 Å². The van der Waals surface area contributed by atoms with Crippen LogP contribution in [-0.2, 0) is 6.42 Å². The average molecular weight is 220 g/mol. The van der Waals surface area contributed by atoms with E-state index in [0.29, 0.717) is 5.75 Å². The van der Waals surface area contributed by atoms with Crippen molar-refractivity contribution < 1.29 is 5.11 Å². The van der Waals surface area contributed by atoms with Crippen LogP contribution in [0.25, 0.3) is 0 Å². The van der Waals surface area contributed by atoms with Crippen LogP contribution in [-0.4, -0.2) is 5.11 Å². The third kappa shape index (κ3) is 5.20. The van der Waals surface area contributed by atoms with E-state index in [4.69, 9.17) is 0 Å². The number of hydrogen-bond donors (Lipinski definition) is 1. The highest BCUT2D eigenvalue weighted by atomic mass is 16.3. The van der Waals surface area contributed by atoms with Gasteiger partial charge >= 0.3 is 0 Å². The molecule has 1 N–H and O–H groups in total. The lowest BCUT2D eigenvalue weighted by molar-refractivity contribution is 0.455. The van der Waals surface area contributed by atoms with E-state index in [0.717, 1.165) is 18.3 Å². The van der Waals surface area contributed by atoms with Gasteiger partial charge in [-0.15, -0.1) is 0 Å². The van der Waals surface area contributed by atoms with Crippen LogP contribution < -0.4 is 0 Å². The molecule has 1 atom stereocenters. The van der Waals surface area contributed by atoms with E-state index in [1.807, 2.05) is 12.1 Å². The van der Waals surface area contributed by atoms with Crippen LogP contribution in [0.5, 0.6) is 5.75 Å². The number of aromatic hydroxyl groups is 1. The molecule has 0 radical (unpaired) electrons. The molecule has 0 aliphatic heterocycles. The van der Waals surface area contributed by atoms with E-state index in [-0.39, 0.29) is 0 Å². The number of phenols is 1. The highest BCUT2D eigenvalue weighted by Crippen LogP contribution is 2.18. The van der Waals surface area contributed by atoms with Crippen LogP contribution in [0.3, 0.4) is 0 Å². The largest absolute Gasteiger partial charge is 0.508 e. The average Bonchev–Trinajstić information content (AvgIpc) is 2.21. The van der Waals surface area contributed by atoms with Crippen molar-refractivity contribution in [2.75, 3.05) is 0 Å². The monoisotopic (exact) mass is 220 g/mol. The Labute approximate surface area is 99.5 Å². The van der Waals surface area contributed by atoms with Crippen molar-refractivity contribution in [3.05, 3.63) is 29.8 Å². The van der Waals surface area contributed by atoms with E-state index in [9.17, 15) is 5.11 Å². The third-order valence-corrected chi connectivity index (χ3v) is 3.00. The summed E-state index contributed by atoms with van der Waals surface area (Å²) in [7, 11) is 0. The summed E-state index contributed by atoms with van der Waals surface area (Å²) < 4.78 is 0. The second-order valence-electron chi connectivity index (χ2n) is 5.30. The molecule has 0 bridgehead atoms. The van der Waals surface area contributed by atoms with Gasteiger partial charge in [-0.25, -0.2) is 0 Å². The van der Waals surface area contributed by atoms with E-state index >= 15 is 0 Å². The predicted molar refractivity (Wildman–Crippen MR) is 69.7 cm³/mol.